The van der Waals surface area contributed by atoms with Crippen LogP contribution in [0.1, 0.15) is 15.9 Å². The molecule has 140 valence electrons. The van der Waals surface area contributed by atoms with Crippen LogP contribution in [0.15, 0.2) is 66.9 Å². The molecule has 0 saturated heterocycles. The highest BCUT2D eigenvalue weighted by Gasteiger charge is 2.13. The number of carbonyl (C=O) groups is 1. The number of phenols is 1. The van der Waals surface area contributed by atoms with E-state index in [0.29, 0.717) is 22.6 Å². The van der Waals surface area contributed by atoms with Crippen LogP contribution < -0.4 is 5.32 Å². The molecule has 7 heteroatoms. The molecular weight excluding hydrogens is 371 g/mol. The van der Waals surface area contributed by atoms with Gasteiger partial charge >= 0.3 is 0 Å². The molecule has 0 unspecified atom stereocenters. The number of nitrogens with zero attached hydrogens (tertiary/aromatic N) is 3. The second-order valence-corrected chi connectivity index (χ2v) is 6.24. The number of hydrogen-bond acceptors (Lipinski definition) is 5. The number of phenolic OH excluding ortho intramolecular Hbond substituents is 1. The molecule has 4 rings (SSSR count). The summed E-state index contributed by atoms with van der Waals surface area (Å²) in [5.41, 5.74) is 1.38. The maximum absolute atomic E-state index is 13.8. The Balaban J connectivity index is 1.59. The first-order chi connectivity index (χ1) is 14.0. The zero-order valence-corrected chi connectivity index (χ0v) is 14.9. The molecule has 6 nitrogen and oxygen atoms in total. The number of pyridine rings is 2. The van der Waals surface area contributed by atoms with E-state index in [-0.39, 0.29) is 16.9 Å². The first kappa shape index (κ1) is 18.1. The Morgan fingerprint density at radius 2 is 1.97 bits per heavy atom. The van der Waals surface area contributed by atoms with Gasteiger partial charge in [0.2, 0.25) is 0 Å². The van der Waals surface area contributed by atoms with Crippen molar-refractivity contribution in [2.45, 2.75) is 0 Å². The maximum Gasteiger partial charge on any atom is 0.256 e. The van der Waals surface area contributed by atoms with E-state index in [4.69, 9.17) is 5.26 Å². The average Bonchev–Trinajstić information content (AvgIpc) is 2.73. The normalized spacial score (nSPS) is 10.5. The third-order valence-corrected chi connectivity index (χ3v) is 4.37. The van der Waals surface area contributed by atoms with Crippen molar-refractivity contribution in [1.82, 2.24) is 9.97 Å². The largest absolute Gasteiger partial charge is 0.507 e. The number of benzene rings is 2. The number of rotatable bonds is 3. The van der Waals surface area contributed by atoms with E-state index in [1.165, 1.54) is 36.4 Å². The number of fused-ring (bicyclic) bond motifs is 1. The Kier molecular flexibility index (Phi) is 4.59. The van der Waals surface area contributed by atoms with Crippen molar-refractivity contribution in [3.63, 3.8) is 0 Å². The number of anilines is 1. The fourth-order valence-corrected chi connectivity index (χ4v) is 2.90. The smallest absolute Gasteiger partial charge is 0.256 e. The number of aromatic nitrogens is 2. The third-order valence-electron chi connectivity index (χ3n) is 4.37. The van der Waals surface area contributed by atoms with Crippen molar-refractivity contribution in [2.24, 2.45) is 0 Å². The third kappa shape index (κ3) is 3.59. The minimum absolute atomic E-state index is 0.0818. The van der Waals surface area contributed by atoms with Gasteiger partial charge in [0.15, 0.2) is 5.65 Å². The Morgan fingerprint density at radius 1 is 1.10 bits per heavy atom. The SMILES string of the molecule is N#Cc1ccc(-c2ccc(C(=O)Nc3ccc4cccnc4n3)cc2O)cc1F. The van der Waals surface area contributed by atoms with Crippen LogP contribution in [0.5, 0.6) is 5.75 Å². The molecule has 0 aliphatic carbocycles. The van der Waals surface area contributed by atoms with E-state index in [0.717, 1.165) is 5.39 Å². The van der Waals surface area contributed by atoms with Crippen molar-refractivity contribution in [3.05, 3.63) is 83.8 Å². The molecule has 29 heavy (non-hydrogen) atoms. The Labute approximate surface area is 164 Å². The molecule has 0 radical (unpaired) electrons. The molecule has 0 saturated carbocycles. The molecule has 1 amide bonds. The minimum Gasteiger partial charge on any atom is -0.507 e. The van der Waals surface area contributed by atoms with Crippen LogP contribution in [-0.2, 0) is 0 Å². The molecule has 0 aliphatic heterocycles. The predicted molar refractivity (Wildman–Crippen MR) is 106 cm³/mol. The lowest BCUT2D eigenvalue weighted by atomic mass is 10.0. The molecule has 2 aromatic heterocycles. The number of halogens is 1. The summed E-state index contributed by atoms with van der Waals surface area (Å²) >= 11 is 0. The lowest BCUT2D eigenvalue weighted by Gasteiger charge is -2.09. The van der Waals surface area contributed by atoms with Crippen molar-refractivity contribution in [2.75, 3.05) is 5.32 Å². The van der Waals surface area contributed by atoms with Gasteiger partial charge in [0.05, 0.1) is 5.56 Å². The quantitative estimate of drug-likeness (QED) is 0.550. The Morgan fingerprint density at radius 3 is 2.72 bits per heavy atom. The van der Waals surface area contributed by atoms with Crippen LogP contribution in [0, 0.1) is 17.1 Å². The summed E-state index contributed by atoms with van der Waals surface area (Å²) in [5.74, 6) is -0.989. The van der Waals surface area contributed by atoms with Gasteiger partial charge in [-0.25, -0.2) is 14.4 Å². The number of aromatic hydroxyl groups is 1. The van der Waals surface area contributed by atoms with Gasteiger partial charge in [0.25, 0.3) is 5.91 Å². The zero-order valence-electron chi connectivity index (χ0n) is 14.9. The van der Waals surface area contributed by atoms with E-state index in [1.807, 2.05) is 6.07 Å². The van der Waals surface area contributed by atoms with E-state index >= 15 is 0 Å². The molecule has 2 heterocycles. The molecule has 0 spiro atoms. The lowest BCUT2D eigenvalue weighted by Crippen LogP contribution is -2.13. The minimum atomic E-state index is -0.679. The van der Waals surface area contributed by atoms with E-state index in [1.54, 1.807) is 30.5 Å². The predicted octanol–water partition coefficient (Wildman–Crippen LogP) is 4.27. The molecule has 0 aliphatic rings. The van der Waals surface area contributed by atoms with E-state index < -0.39 is 11.7 Å². The number of carbonyl (C=O) groups excluding carboxylic acids is 1. The van der Waals surface area contributed by atoms with Gasteiger partial charge in [0, 0.05) is 22.7 Å². The van der Waals surface area contributed by atoms with Crippen molar-refractivity contribution in [1.29, 1.82) is 5.26 Å². The number of amides is 1. The van der Waals surface area contributed by atoms with Crippen LogP contribution in [-0.4, -0.2) is 21.0 Å². The molecular formula is C22H13FN4O2. The summed E-state index contributed by atoms with van der Waals surface area (Å²) in [6, 6.07) is 17.2. The zero-order chi connectivity index (χ0) is 20.4. The maximum atomic E-state index is 13.8. The van der Waals surface area contributed by atoms with Crippen LogP contribution in [0.3, 0.4) is 0 Å². The van der Waals surface area contributed by atoms with Gasteiger partial charge in [-0.05, 0) is 60.2 Å². The molecule has 2 aromatic carbocycles. The number of nitrogens with one attached hydrogen (secondary N) is 1. The van der Waals surface area contributed by atoms with Gasteiger partial charge in [-0.3, -0.25) is 4.79 Å². The van der Waals surface area contributed by atoms with Crippen LogP contribution in [0.2, 0.25) is 0 Å². The highest BCUT2D eigenvalue weighted by molar-refractivity contribution is 6.04. The fourth-order valence-electron chi connectivity index (χ4n) is 2.90. The monoisotopic (exact) mass is 384 g/mol. The van der Waals surface area contributed by atoms with Gasteiger partial charge in [-0.1, -0.05) is 6.07 Å². The van der Waals surface area contributed by atoms with Gasteiger partial charge in [-0.2, -0.15) is 5.26 Å². The van der Waals surface area contributed by atoms with E-state index in [9.17, 15) is 14.3 Å². The Bertz CT molecular complexity index is 1300. The number of hydrogen-bond donors (Lipinski definition) is 2. The fraction of sp³-hybridized carbons (Fsp3) is 0. The average molecular weight is 384 g/mol. The molecule has 4 aromatic rings. The lowest BCUT2D eigenvalue weighted by molar-refractivity contribution is 0.102. The summed E-state index contributed by atoms with van der Waals surface area (Å²) in [4.78, 5) is 20.9. The summed E-state index contributed by atoms with van der Waals surface area (Å²) in [6.07, 6.45) is 1.61. The first-order valence-corrected chi connectivity index (χ1v) is 8.61. The molecule has 2 N–H and O–H groups in total. The molecule has 0 bridgehead atoms. The first-order valence-electron chi connectivity index (χ1n) is 8.61. The molecule has 0 fully saturated rings. The van der Waals surface area contributed by atoms with Gasteiger partial charge < -0.3 is 10.4 Å². The summed E-state index contributed by atoms with van der Waals surface area (Å²) < 4.78 is 13.8. The molecule has 0 atom stereocenters. The topological polar surface area (TPSA) is 98.9 Å². The second kappa shape index (κ2) is 7.37. The summed E-state index contributed by atoms with van der Waals surface area (Å²) in [7, 11) is 0. The van der Waals surface area contributed by atoms with Crippen molar-refractivity contribution >= 4 is 22.8 Å². The van der Waals surface area contributed by atoms with Gasteiger partial charge in [0.1, 0.15) is 23.5 Å². The second-order valence-electron chi connectivity index (χ2n) is 6.24. The Hall–Kier alpha value is -4.31. The highest BCUT2D eigenvalue weighted by atomic mass is 19.1. The van der Waals surface area contributed by atoms with Crippen molar-refractivity contribution < 1.29 is 14.3 Å². The standard InChI is InChI=1S/C22H13FN4O2/c23-18-10-14(3-4-16(18)12-24)17-7-5-15(11-19(17)28)22(29)27-20-8-6-13-2-1-9-25-21(13)26-20/h1-11,28H,(H,25,26,27,29). The van der Waals surface area contributed by atoms with Crippen LogP contribution >= 0.6 is 0 Å². The highest BCUT2D eigenvalue weighted by Crippen LogP contribution is 2.31. The summed E-state index contributed by atoms with van der Waals surface area (Å²) in [5, 5.41) is 22.7. The van der Waals surface area contributed by atoms with E-state index in [2.05, 4.69) is 15.3 Å². The number of nitriles is 1. The van der Waals surface area contributed by atoms with Crippen LogP contribution in [0.25, 0.3) is 22.2 Å². The summed E-state index contributed by atoms with van der Waals surface area (Å²) in [6.45, 7) is 0. The van der Waals surface area contributed by atoms with Crippen molar-refractivity contribution in [3.8, 4) is 22.9 Å². The van der Waals surface area contributed by atoms with Crippen LogP contribution in [0.4, 0.5) is 10.2 Å². The van der Waals surface area contributed by atoms with Gasteiger partial charge in [-0.15, -0.1) is 0 Å².